The van der Waals surface area contributed by atoms with Gasteiger partial charge in [-0.25, -0.2) is 8.60 Å². The number of aromatic nitrogens is 1. The SMILES string of the molecule is CC(=O)Nc1cccc(S(C)(=O)=NC(=O)c2cncc(C#Cc3cccc(F)c3)c2)c1. The van der Waals surface area contributed by atoms with Gasteiger partial charge in [0.2, 0.25) is 5.91 Å². The number of halogens is 1. The molecule has 0 radical (unpaired) electrons. The van der Waals surface area contributed by atoms with Crippen molar-refractivity contribution in [2.45, 2.75) is 11.8 Å². The van der Waals surface area contributed by atoms with E-state index in [-0.39, 0.29) is 11.5 Å². The Morgan fingerprint density at radius 2 is 1.77 bits per heavy atom. The Morgan fingerprint density at radius 1 is 1.03 bits per heavy atom. The minimum atomic E-state index is -3.07. The summed E-state index contributed by atoms with van der Waals surface area (Å²) >= 11 is 0. The van der Waals surface area contributed by atoms with Crippen molar-refractivity contribution in [2.75, 3.05) is 11.6 Å². The number of nitrogens with zero attached hydrogens (tertiary/aromatic N) is 2. The van der Waals surface area contributed by atoms with E-state index in [9.17, 15) is 18.2 Å². The fourth-order valence-electron chi connectivity index (χ4n) is 2.61. The number of amides is 2. The predicted octanol–water partition coefficient (Wildman–Crippen LogP) is 3.88. The third-order valence-electron chi connectivity index (χ3n) is 4.01. The second-order valence-electron chi connectivity index (χ2n) is 6.63. The Balaban J connectivity index is 1.88. The summed E-state index contributed by atoms with van der Waals surface area (Å²) in [6.45, 7) is 1.36. The number of benzene rings is 2. The van der Waals surface area contributed by atoms with Gasteiger partial charge in [0.1, 0.15) is 5.82 Å². The Hall–Kier alpha value is -3.83. The van der Waals surface area contributed by atoms with E-state index in [4.69, 9.17) is 0 Å². The van der Waals surface area contributed by atoms with Gasteiger partial charge in [-0.2, -0.15) is 4.36 Å². The summed E-state index contributed by atoms with van der Waals surface area (Å²) < 4.78 is 30.2. The van der Waals surface area contributed by atoms with Gasteiger partial charge in [-0.3, -0.25) is 14.6 Å². The highest BCUT2D eigenvalue weighted by atomic mass is 32.2. The molecule has 0 fully saturated rings. The molecule has 2 aromatic carbocycles. The molecule has 0 bridgehead atoms. The number of hydrogen-bond acceptors (Lipinski definition) is 4. The summed E-state index contributed by atoms with van der Waals surface area (Å²) in [6.07, 6.45) is 4.12. The number of nitrogens with one attached hydrogen (secondary N) is 1. The van der Waals surface area contributed by atoms with Crippen LogP contribution in [0.1, 0.15) is 28.4 Å². The van der Waals surface area contributed by atoms with Gasteiger partial charge in [0.25, 0.3) is 5.91 Å². The number of rotatable bonds is 3. The van der Waals surface area contributed by atoms with Crippen molar-refractivity contribution in [3.8, 4) is 11.8 Å². The van der Waals surface area contributed by atoms with Gasteiger partial charge in [-0.15, -0.1) is 0 Å². The Labute approximate surface area is 179 Å². The summed E-state index contributed by atoms with van der Waals surface area (Å²) in [4.78, 5) is 28.1. The van der Waals surface area contributed by atoms with Crippen molar-refractivity contribution in [3.05, 3.63) is 89.5 Å². The molecule has 2 amide bonds. The van der Waals surface area contributed by atoms with Gasteiger partial charge in [-0.05, 0) is 42.5 Å². The van der Waals surface area contributed by atoms with Crippen molar-refractivity contribution in [1.29, 1.82) is 0 Å². The number of carbonyl (C=O) groups excluding carboxylic acids is 2. The van der Waals surface area contributed by atoms with Gasteiger partial charge < -0.3 is 5.32 Å². The molecule has 1 N–H and O–H groups in total. The zero-order valence-corrected chi connectivity index (χ0v) is 17.6. The molecule has 0 aliphatic heterocycles. The topological polar surface area (TPSA) is 88.5 Å². The van der Waals surface area contributed by atoms with Crippen LogP contribution in [0.5, 0.6) is 0 Å². The largest absolute Gasteiger partial charge is 0.326 e. The van der Waals surface area contributed by atoms with E-state index in [1.165, 1.54) is 49.8 Å². The minimum absolute atomic E-state index is 0.124. The number of hydrogen-bond donors (Lipinski definition) is 1. The molecule has 31 heavy (non-hydrogen) atoms. The minimum Gasteiger partial charge on any atom is -0.326 e. The Bertz CT molecular complexity index is 1350. The summed E-state index contributed by atoms with van der Waals surface area (Å²) in [5, 5.41) is 2.60. The molecular formula is C23H18FN3O3S. The van der Waals surface area contributed by atoms with E-state index in [1.807, 2.05) is 0 Å². The van der Waals surface area contributed by atoms with Gasteiger partial charge in [0.15, 0.2) is 0 Å². The molecule has 3 aromatic rings. The third kappa shape index (κ3) is 6.07. The van der Waals surface area contributed by atoms with Crippen LogP contribution in [0.15, 0.2) is 76.2 Å². The normalized spacial score (nSPS) is 12.1. The van der Waals surface area contributed by atoms with Crippen LogP contribution in [0.25, 0.3) is 0 Å². The van der Waals surface area contributed by atoms with Crippen molar-refractivity contribution in [3.63, 3.8) is 0 Å². The highest BCUT2D eigenvalue weighted by Crippen LogP contribution is 2.18. The molecule has 6 nitrogen and oxygen atoms in total. The lowest BCUT2D eigenvalue weighted by Crippen LogP contribution is -2.08. The van der Waals surface area contributed by atoms with Crippen LogP contribution in [0.2, 0.25) is 0 Å². The van der Waals surface area contributed by atoms with E-state index < -0.39 is 21.5 Å². The fourth-order valence-corrected chi connectivity index (χ4v) is 3.82. The molecule has 0 spiro atoms. The van der Waals surface area contributed by atoms with Crippen LogP contribution >= 0.6 is 0 Å². The average Bonchev–Trinajstić information content (AvgIpc) is 2.72. The smallest absolute Gasteiger partial charge is 0.286 e. The molecule has 0 saturated carbocycles. The lowest BCUT2D eigenvalue weighted by atomic mass is 10.1. The monoisotopic (exact) mass is 435 g/mol. The maximum atomic E-state index is 13.3. The molecule has 0 aliphatic rings. The van der Waals surface area contributed by atoms with Crippen molar-refractivity contribution in [1.82, 2.24) is 4.98 Å². The Morgan fingerprint density at radius 3 is 2.52 bits per heavy atom. The lowest BCUT2D eigenvalue weighted by Gasteiger charge is -2.07. The molecule has 1 aromatic heterocycles. The van der Waals surface area contributed by atoms with Crippen LogP contribution in [0.4, 0.5) is 10.1 Å². The molecule has 0 saturated heterocycles. The van der Waals surface area contributed by atoms with Crippen molar-refractivity contribution in [2.24, 2.45) is 4.36 Å². The first-order chi connectivity index (χ1) is 14.7. The zero-order valence-electron chi connectivity index (χ0n) is 16.8. The highest BCUT2D eigenvalue weighted by molar-refractivity contribution is 7.93. The Kier molecular flexibility index (Phi) is 6.58. The molecule has 0 aliphatic carbocycles. The summed E-state index contributed by atoms with van der Waals surface area (Å²) in [6, 6.07) is 13.7. The van der Waals surface area contributed by atoms with Gasteiger partial charge in [-0.1, -0.05) is 24.0 Å². The van der Waals surface area contributed by atoms with E-state index in [1.54, 1.807) is 30.3 Å². The van der Waals surface area contributed by atoms with E-state index in [0.29, 0.717) is 21.7 Å². The zero-order chi connectivity index (χ0) is 22.4. The molecule has 156 valence electrons. The molecule has 1 unspecified atom stereocenters. The molecule has 1 atom stereocenters. The maximum absolute atomic E-state index is 13.3. The number of pyridine rings is 1. The van der Waals surface area contributed by atoms with Crippen molar-refractivity contribution >= 4 is 27.2 Å². The molecule has 8 heteroatoms. The lowest BCUT2D eigenvalue weighted by molar-refractivity contribution is -0.114. The summed E-state index contributed by atoms with van der Waals surface area (Å²) in [5.41, 5.74) is 1.50. The predicted molar refractivity (Wildman–Crippen MR) is 116 cm³/mol. The van der Waals surface area contributed by atoms with E-state index in [2.05, 4.69) is 26.5 Å². The average molecular weight is 435 g/mol. The first-order valence-corrected chi connectivity index (χ1v) is 11.0. The quantitative estimate of drug-likeness (QED) is 0.633. The second kappa shape index (κ2) is 9.32. The summed E-state index contributed by atoms with van der Waals surface area (Å²) in [5.74, 6) is 4.25. The fraction of sp³-hybridized carbons (Fsp3) is 0.0870. The second-order valence-corrected chi connectivity index (χ2v) is 8.89. The number of carbonyl (C=O) groups is 2. The van der Waals surface area contributed by atoms with Gasteiger partial charge in [0.05, 0.1) is 15.3 Å². The van der Waals surface area contributed by atoms with Gasteiger partial charge in [0, 0.05) is 47.3 Å². The first kappa shape index (κ1) is 21.9. The number of anilines is 1. The van der Waals surface area contributed by atoms with E-state index >= 15 is 0 Å². The van der Waals surface area contributed by atoms with Crippen molar-refractivity contribution < 1.29 is 18.2 Å². The van der Waals surface area contributed by atoms with Crippen LogP contribution in [0, 0.1) is 17.7 Å². The summed E-state index contributed by atoms with van der Waals surface area (Å²) in [7, 11) is -3.07. The van der Waals surface area contributed by atoms with Gasteiger partial charge >= 0.3 is 0 Å². The molecule has 3 rings (SSSR count). The highest BCUT2D eigenvalue weighted by Gasteiger charge is 2.13. The van der Waals surface area contributed by atoms with E-state index in [0.717, 1.165) is 0 Å². The maximum Gasteiger partial charge on any atom is 0.286 e. The standard InChI is InChI=1S/C23H18FN3O3S/c1-16(28)26-21-7-4-8-22(13-21)31(2,30)27-23(29)19-11-18(14-25-15-19)10-9-17-5-3-6-20(24)12-17/h3-8,11-15H,1-2H3,(H,26,28). The van der Waals surface area contributed by atoms with Crippen LogP contribution < -0.4 is 5.32 Å². The molecule has 1 heterocycles. The third-order valence-corrected chi connectivity index (χ3v) is 5.65. The van der Waals surface area contributed by atoms with Crippen LogP contribution in [-0.2, 0) is 14.5 Å². The van der Waals surface area contributed by atoms with Crippen LogP contribution in [0.3, 0.4) is 0 Å². The van der Waals surface area contributed by atoms with Crippen LogP contribution in [-0.4, -0.2) is 27.3 Å². The first-order valence-electron chi connectivity index (χ1n) is 9.10. The molecular weight excluding hydrogens is 417 g/mol.